The fourth-order valence-corrected chi connectivity index (χ4v) is 4.77. The van der Waals surface area contributed by atoms with E-state index in [1.54, 1.807) is 0 Å². The molecule has 0 radical (unpaired) electrons. The number of rotatable bonds is 6. The van der Waals surface area contributed by atoms with Gasteiger partial charge in [0.05, 0.1) is 0 Å². The molecule has 0 unspecified atom stereocenters. The zero-order valence-corrected chi connectivity index (χ0v) is 20.1. The number of ether oxygens (including phenoxy) is 2. The van der Waals surface area contributed by atoms with Crippen LogP contribution in [0.4, 0.5) is 9.59 Å². The lowest BCUT2D eigenvalue weighted by molar-refractivity contribution is -0.133. The largest absolute Gasteiger partial charge is 0.445 e. The fourth-order valence-electron chi connectivity index (χ4n) is 4.77. The maximum Gasteiger partial charge on any atom is 0.408 e. The molecule has 0 bridgehead atoms. The molecule has 0 spiro atoms. The van der Waals surface area contributed by atoms with Gasteiger partial charge in [0.2, 0.25) is 5.91 Å². The lowest BCUT2D eigenvalue weighted by Gasteiger charge is -2.41. The molecule has 1 aromatic rings. The van der Waals surface area contributed by atoms with E-state index in [0.29, 0.717) is 13.0 Å². The number of carbonyl (C=O) groups excluding carboxylic acids is 3. The number of amides is 3. The molecule has 2 fully saturated rings. The molecular weight excluding hydrogens is 422 g/mol. The molecule has 1 heterocycles. The Bertz CT molecular complexity index is 823. The fraction of sp³-hybridized carbons (Fsp3) is 0.640. The maximum atomic E-state index is 13.1. The summed E-state index contributed by atoms with van der Waals surface area (Å²) in [6.45, 7) is 8.44. The van der Waals surface area contributed by atoms with Crippen LogP contribution in [-0.2, 0) is 20.9 Å². The summed E-state index contributed by atoms with van der Waals surface area (Å²) in [5.41, 5.74) is 0.368. The topological polar surface area (TPSA) is 97.0 Å². The van der Waals surface area contributed by atoms with Crippen molar-refractivity contribution in [2.75, 3.05) is 6.54 Å². The van der Waals surface area contributed by atoms with Gasteiger partial charge in [0.15, 0.2) is 0 Å². The van der Waals surface area contributed by atoms with Crippen molar-refractivity contribution < 1.29 is 23.9 Å². The Morgan fingerprint density at radius 1 is 1.06 bits per heavy atom. The van der Waals surface area contributed by atoms with Crippen molar-refractivity contribution in [1.29, 1.82) is 0 Å². The van der Waals surface area contributed by atoms with Crippen LogP contribution >= 0.6 is 0 Å². The average molecular weight is 460 g/mol. The number of nitrogens with zero attached hydrogens (tertiary/aromatic N) is 1. The Morgan fingerprint density at radius 2 is 1.79 bits per heavy atom. The summed E-state index contributed by atoms with van der Waals surface area (Å²) in [4.78, 5) is 39.3. The Morgan fingerprint density at radius 3 is 2.45 bits per heavy atom. The Hall–Kier alpha value is -2.77. The highest BCUT2D eigenvalue weighted by atomic mass is 16.6. The molecule has 4 atom stereocenters. The third kappa shape index (κ3) is 7.11. The summed E-state index contributed by atoms with van der Waals surface area (Å²) < 4.78 is 10.7. The van der Waals surface area contributed by atoms with Crippen molar-refractivity contribution in [3.8, 4) is 0 Å². The minimum atomic E-state index is -0.573. The highest BCUT2D eigenvalue weighted by molar-refractivity contribution is 5.87. The van der Waals surface area contributed by atoms with Gasteiger partial charge in [0.25, 0.3) is 0 Å². The number of hydrogen-bond acceptors (Lipinski definition) is 5. The molecule has 3 rings (SSSR count). The van der Waals surface area contributed by atoms with Crippen molar-refractivity contribution >= 4 is 18.1 Å². The smallest absolute Gasteiger partial charge is 0.408 e. The monoisotopic (exact) mass is 459 g/mol. The SMILES string of the molecule is CC[C@H]1C[C@H](NC(=O)OC(C)(C)C)CC[C@@H]1N1CC[C@H](NC(=O)OCc2ccccc2)C1=O. The summed E-state index contributed by atoms with van der Waals surface area (Å²) in [7, 11) is 0. The molecule has 3 amide bonds. The van der Waals surface area contributed by atoms with Crippen LogP contribution in [0.1, 0.15) is 65.4 Å². The van der Waals surface area contributed by atoms with Crippen LogP contribution in [0.3, 0.4) is 0 Å². The molecule has 33 heavy (non-hydrogen) atoms. The summed E-state index contributed by atoms with van der Waals surface area (Å²) in [5, 5.41) is 5.72. The third-order valence-corrected chi connectivity index (χ3v) is 6.33. The predicted octanol–water partition coefficient (Wildman–Crippen LogP) is 3.99. The minimum absolute atomic E-state index is 0.0423. The normalized spacial score (nSPS) is 25.5. The summed E-state index contributed by atoms with van der Waals surface area (Å²) in [6, 6.07) is 9.05. The molecule has 182 valence electrons. The minimum Gasteiger partial charge on any atom is -0.445 e. The highest BCUT2D eigenvalue weighted by Crippen LogP contribution is 2.33. The highest BCUT2D eigenvalue weighted by Gasteiger charge is 2.42. The first-order valence-corrected chi connectivity index (χ1v) is 11.9. The standard InChI is InChI=1S/C25H37N3O5/c1-5-18-15-19(26-24(31)33-25(2,3)4)11-12-21(18)28-14-13-20(22(28)29)27-23(30)32-16-17-9-7-6-8-10-17/h6-10,18-21H,5,11-16H2,1-4H3,(H,26,31)(H,27,30)/t18-,19+,20-,21-/m0/s1. The van der Waals surface area contributed by atoms with E-state index in [1.807, 2.05) is 56.0 Å². The average Bonchev–Trinajstić information content (AvgIpc) is 3.11. The molecule has 1 aliphatic heterocycles. The number of carbonyl (C=O) groups is 3. The molecule has 0 aromatic heterocycles. The van der Waals surface area contributed by atoms with E-state index in [2.05, 4.69) is 17.6 Å². The molecular formula is C25H37N3O5. The van der Waals surface area contributed by atoms with E-state index in [0.717, 1.165) is 31.2 Å². The first-order chi connectivity index (χ1) is 15.7. The van der Waals surface area contributed by atoms with Crippen molar-refractivity contribution in [1.82, 2.24) is 15.5 Å². The van der Waals surface area contributed by atoms with E-state index in [-0.39, 0.29) is 30.5 Å². The molecule has 8 nitrogen and oxygen atoms in total. The van der Waals surface area contributed by atoms with Crippen LogP contribution in [0.25, 0.3) is 0 Å². The Labute approximate surface area is 196 Å². The Kier molecular flexibility index (Phi) is 8.21. The van der Waals surface area contributed by atoms with Gasteiger partial charge in [-0.05, 0) is 57.9 Å². The summed E-state index contributed by atoms with van der Waals surface area (Å²) in [6.07, 6.45) is 2.94. The van der Waals surface area contributed by atoms with E-state index in [9.17, 15) is 14.4 Å². The van der Waals surface area contributed by atoms with Crippen molar-refractivity contribution in [2.24, 2.45) is 5.92 Å². The number of likely N-dealkylation sites (tertiary alicyclic amines) is 1. The molecule has 1 saturated heterocycles. The van der Waals surface area contributed by atoms with Crippen LogP contribution in [0.2, 0.25) is 0 Å². The van der Waals surface area contributed by atoms with Crippen LogP contribution in [-0.4, -0.2) is 53.3 Å². The van der Waals surface area contributed by atoms with Crippen LogP contribution < -0.4 is 10.6 Å². The summed E-state index contributed by atoms with van der Waals surface area (Å²) >= 11 is 0. The second kappa shape index (κ2) is 10.9. The predicted molar refractivity (Wildman–Crippen MR) is 124 cm³/mol. The van der Waals surface area contributed by atoms with Gasteiger partial charge in [-0.25, -0.2) is 9.59 Å². The van der Waals surface area contributed by atoms with Crippen molar-refractivity contribution in [2.45, 2.75) is 90.1 Å². The van der Waals surface area contributed by atoms with Gasteiger partial charge in [-0.1, -0.05) is 43.7 Å². The van der Waals surface area contributed by atoms with E-state index in [4.69, 9.17) is 9.47 Å². The second-order valence-electron chi connectivity index (χ2n) is 9.97. The van der Waals surface area contributed by atoms with E-state index in [1.165, 1.54) is 0 Å². The maximum absolute atomic E-state index is 13.1. The zero-order chi connectivity index (χ0) is 24.0. The quantitative estimate of drug-likeness (QED) is 0.671. The molecule has 8 heteroatoms. The molecule has 1 saturated carbocycles. The van der Waals surface area contributed by atoms with E-state index < -0.39 is 23.8 Å². The van der Waals surface area contributed by atoms with Gasteiger partial charge in [-0.3, -0.25) is 4.79 Å². The van der Waals surface area contributed by atoms with Gasteiger partial charge in [0, 0.05) is 18.6 Å². The molecule has 1 aromatic carbocycles. The summed E-state index contributed by atoms with van der Waals surface area (Å²) in [5.74, 6) is 0.236. The zero-order valence-electron chi connectivity index (χ0n) is 20.1. The number of nitrogens with one attached hydrogen (secondary N) is 2. The van der Waals surface area contributed by atoms with Gasteiger partial charge in [0.1, 0.15) is 18.2 Å². The van der Waals surface area contributed by atoms with Gasteiger partial charge in [-0.15, -0.1) is 0 Å². The second-order valence-corrected chi connectivity index (χ2v) is 9.97. The first-order valence-electron chi connectivity index (χ1n) is 11.9. The van der Waals surface area contributed by atoms with Crippen molar-refractivity contribution in [3.63, 3.8) is 0 Å². The number of alkyl carbamates (subject to hydrolysis) is 2. The molecule has 2 aliphatic rings. The Balaban J connectivity index is 1.49. The third-order valence-electron chi connectivity index (χ3n) is 6.33. The van der Waals surface area contributed by atoms with Crippen LogP contribution in [0.15, 0.2) is 30.3 Å². The number of hydrogen-bond donors (Lipinski definition) is 2. The lowest BCUT2D eigenvalue weighted by atomic mass is 9.79. The van der Waals surface area contributed by atoms with Gasteiger partial charge < -0.3 is 25.0 Å². The van der Waals surface area contributed by atoms with Crippen LogP contribution in [0, 0.1) is 5.92 Å². The van der Waals surface area contributed by atoms with E-state index >= 15 is 0 Å². The first kappa shape index (κ1) is 24.9. The van der Waals surface area contributed by atoms with Gasteiger partial charge >= 0.3 is 12.2 Å². The van der Waals surface area contributed by atoms with Crippen LogP contribution in [0.5, 0.6) is 0 Å². The molecule has 1 aliphatic carbocycles. The van der Waals surface area contributed by atoms with Crippen molar-refractivity contribution in [3.05, 3.63) is 35.9 Å². The van der Waals surface area contributed by atoms with Gasteiger partial charge in [-0.2, -0.15) is 0 Å². The number of benzene rings is 1. The molecule has 2 N–H and O–H groups in total. The lowest BCUT2D eigenvalue weighted by Crippen LogP contribution is -2.51.